The summed E-state index contributed by atoms with van der Waals surface area (Å²) in [4.78, 5) is 75.8. The van der Waals surface area contributed by atoms with Gasteiger partial charge in [0.05, 0.1) is 35.3 Å². The summed E-state index contributed by atoms with van der Waals surface area (Å²) in [6, 6.07) is 12.7. The highest BCUT2D eigenvalue weighted by molar-refractivity contribution is 7.07. The number of carbonyl (C=O) groups excluding carboxylic acids is 5. The minimum absolute atomic E-state index is 0.0361. The van der Waals surface area contributed by atoms with E-state index in [1.165, 1.54) is 17.5 Å². The van der Waals surface area contributed by atoms with Crippen LogP contribution in [-0.2, 0) is 32.0 Å². The van der Waals surface area contributed by atoms with Gasteiger partial charge in [-0.15, -0.1) is 11.3 Å². The lowest BCUT2D eigenvalue weighted by atomic mass is 9.83. The number of nitrogens with zero attached hydrogens (tertiary/aromatic N) is 2. The fourth-order valence-electron chi connectivity index (χ4n) is 7.41. The molecule has 0 spiro atoms. The molecule has 2 aromatic heterocycles. The molecule has 5 atom stereocenters. The van der Waals surface area contributed by atoms with Crippen molar-refractivity contribution in [3.8, 4) is 0 Å². The summed E-state index contributed by atoms with van der Waals surface area (Å²) in [6.07, 6.45) is 8.42. The third kappa shape index (κ3) is 13.2. The van der Waals surface area contributed by atoms with Gasteiger partial charge in [-0.3, -0.25) is 29.0 Å². The Morgan fingerprint density at radius 3 is 2.32 bits per heavy atom. The zero-order valence-electron chi connectivity index (χ0n) is 32.1. The van der Waals surface area contributed by atoms with Gasteiger partial charge in [-0.25, -0.2) is 4.98 Å². The molecule has 14 nitrogen and oxygen atoms in total. The first-order chi connectivity index (χ1) is 27.6. The number of primary amides is 1. The number of carbonyl (C=O) groups is 5. The second kappa shape index (κ2) is 21.9. The number of hydrogen-bond acceptors (Lipinski definition) is 10. The summed E-state index contributed by atoms with van der Waals surface area (Å²) in [5.74, 6) is -2.72. The Hall–Kier alpha value is -5.25. The quantitative estimate of drug-likeness (QED) is 0.0614. The maximum Gasteiger partial charge on any atom is 0.253 e. The average Bonchev–Trinajstić information content (AvgIpc) is 3.73. The van der Waals surface area contributed by atoms with E-state index in [2.05, 4.69) is 31.2 Å². The summed E-state index contributed by atoms with van der Waals surface area (Å²) in [5.41, 5.74) is 14.4. The van der Waals surface area contributed by atoms with Crippen LogP contribution in [0.4, 0.5) is 0 Å². The molecule has 15 heteroatoms. The number of benzene rings is 2. The van der Waals surface area contributed by atoms with Crippen LogP contribution in [0.25, 0.3) is 10.8 Å². The van der Waals surface area contributed by atoms with Crippen molar-refractivity contribution in [3.63, 3.8) is 0 Å². The van der Waals surface area contributed by atoms with Crippen molar-refractivity contribution < 1.29 is 29.1 Å². The van der Waals surface area contributed by atoms with Gasteiger partial charge in [-0.1, -0.05) is 74.6 Å². The van der Waals surface area contributed by atoms with E-state index in [0.717, 1.165) is 48.4 Å². The smallest absolute Gasteiger partial charge is 0.253 e. The summed E-state index contributed by atoms with van der Waals surface area (Å²) in [6.45, 7) is 0.440. The van der Waals surface area contributed by atoms with E-state index in [9.17, 15) is 29.1 Å². The Morgan fingerprint density at radius 1 is 0.842 bits per heavy atom. The van der Waals surface area contributed by atoms with Crippen LogP contribution < -0.4 is 32.7 Å². The first-order valence-electron chi connectivity index (χ1n) is 19.7. The van der Waals surface area contributed by atoms with Crippen LogP contribution in [0.1, 0.15) is 85.8 Å². The van der Waals surface area contributed by atoms with E-state index in [-0.39, 0.29) is 30.7 Å². The highest BCUT2D eigenvalue weighted by Gasteiger charge is 2.33. The molecule has 57 heavy (non-hydrogen) atoms. The molecular formula is C42H54N8O6S. The maximum absolute atomic E-state index is 14.3. The van der Waals surface area contributed by atoms with Gasteiger partial charge < -0.3 is 37.8 Å². The second-order valence-corrected chi connectivity index (χ2v) is 15.5. The van der Waals surface area contributed by atoms with Gasteiger partial charge in [0.15, 0.2) is 0 Å². The average molecular weight is 799 g/mol. The molecule has 9 N–H and O–H groups in total. The van der Waals surface area contributed by atoms with Crippen molar-refractivity contribution in [2.24, 2.45) is 17.4 Å². The molecule has 1 fully saturated rings. The van der Waals surface area contributed by atoms with Crippen molar-refractivity contribution in [2.75, 3.05) is 6.54 Å². The predicted octanol–water partition coefficient (Wildman–Crippen LogP) is 3.07. The highest BCUT2D eigenvalue weighted by atomic mass is 32.1. The summed E-state index contributed by atoms with van der Waals surface area (Å²) >= 11 is 1.35. The number of aliphatic hydroxyl groups excluding tert-OH is 1. The summed E-state index contributed by atoms with van der Waals surface area (Å²) in [7, 11) is 0. The molecule has 0 unspecified atom stereocenters. The molecule has 5 rings (SSSR count). The number of aromatic nitrogens is 2. The van der Waals surface area contributed by atoms with Crippen molar-refractivity contribution in [2.45, 2.75) is 107 Å². The topological polar surface area (TPSA) is 232 Å². The van der Waals surface area contributed by atoms with Crippen molar-refractivity contribution in [3.05, 3.63) is 94.7 Å². The van der Waals surface area contributed by atoms with E-state index < -0.39 is 59.8 Å². The molecule has 2 aromatic carbocycles. The molecule has 0 aliphatic heterocycles. The highest BCUT2D eigenvalue weighted by Crippen LogP contribution is 2.29. The van der Waals surface area contributed by atoms with E-state index in [0.29, 0.717) is 37.9 Å². The Kier molecular flexibility index (Phi) is 16.5. The molecule has 0 saturated heterocycles. The van der Waals surface area contributed by atoms with Crippen molar-refractivity contribution in [1.82, 2.24) is 31.2 Å². The molecule has 0 bridgehead atoms. The number of nitrogens with two attached hydrogens (primary N) is 2. The zero-order chi connectivity index (χ0) is 40.6. The van der Waals surface area contributed by atoms with Crippen LogP contribution in [0.15, 0.2) is 77.9 Å². The number of amides is 5. The molecule has 304 valence electrons. The van der Waals surface area contributed by atoms with Gasteiger partial charge in [-0.05, 0) is 66.6 Å². The third-order valence-corrected chi connectivity index (χ3v) is 11.1. The Morgan fingerprint density at radius 2 is 1.60 bits per heavy atom. The van der Waals surface area contributed by atoms with Gasteiger partial charge in [0.1, 0.15) is 18.1 Å². The van der Waals surface area contributed by atoms with Crippen LogP contribution in [0, 0.1) is 5.92 Å². The molecule has 2 heterocycles. The van der Waals surface area contributed by atoms with Crippen LogP contribution in [0.3, 0.4) is 0 Å². The molecule has 1 aliphatic rings. The maximum atomic E-state index is 14.3. The summed E-state index contributed by atoms with van der Waals surface area (Å²) in [5, 5.41) is 26.6. The molecule has 1 saturated carbocycles. The van der Waals surface area contributed by atoms with Crippen LogP contribution in [0.5, 0.6) is 0 Å². The molecule has 5 amide bonds. The number of thiazole rings is 1. The number of nitrogens with one attached hydrogen (secondary N) is 4. The first-order valence-corrected chi connectivity index (χ1v) is 20.7. The van der Waals surface area contributed by atoms with Crippen LogP contribution in [-0.4, -0.2) is 81.4 Å². The first kappa shape index (κ1) is 42.9. The number of rotatable bonds is 21. The van der Waals surface area contributed by atoms with E-state index in [1.807, 2.05) is 42.5 Å². The van der Waals surface area contributed by atoms with Crippen molar-refractivity contribution in [1.29, 1.82) is 0 Å². The predicted molar refractivity (Wildman–Crippen MR) is 219 cm³/mol. The monoisotopic (exact) mass is 798 g/mol. The van der Waals surface area contributed by atoms with Crippen molar-refractivity contribution >= 4 is 51.6 Å². The lowest BCUT2D eigenvalue weighted by molar-refractivity contribution is -0.132. The summed E-state index contributed by atoms with van der Waals surface area (Å²) < 4.78 is 0. The largest absolute Gasteiger partial charge is 0.390 e. The SMILES string of the molecule is NCCCC[C@H](NC(=O)C[C@H](O)[C@H](CC1CCCCC1)NC(=O)[C@H](Cc1cscn1)NC(=O)[C@H](Cc1cccc2ccccc12)NC(=O)c1cccnc1)C(N)=O. The van der Waals surface area contributed by atoms with E-state index in [1.54, 1.807) is 29.2 Å². The van der Waals surface area contributed by atoms with Gasteiger partial charge in [-0.2, -0.15) is 0 Å². The standard InChI is InChI=1S/C42H54N8O6S/c43-18-7-6-17-33(39(44)53)47-38(52)23-37(51)34(20-27-10-2-1-3-11-27)48-42(56)36(22-31-25-57-26-46-31)50-41(55)35(49-40(54)30-15-9-19-45-24-30)21-29-14-8-13-28-12-4-5-16-32(28)29/h4-5,8-9,12-16,19,24-27,33-37,51H,1-3,6-7,10-11,17-18,20-23,43H2,(H2,44,53)(H,47,52)(H,48,56)(H,49,54)(H,50,55)/t33-,34-,35-,36-,37-/m0/s1. The normalized spacial score (nSPS) is 15.8. The molecule has 1 aliphatic carbocycles. The lowest BCUT2D eigenvalue weighted by Gasteiger charge is -2.32. The minimum atomic E-state index is -1.30. The van der Waals surface area contributed by atoms with E-state index in [4.69, 9.17) is 11.5 Å². The fraction of sp³-hybridized carbons (Fsp3) is 0.452. The molecular weight excluding hydrogens is 745 g/mol. The number of fused-ring (bicyclic) bond motifs is 1. The van der Waals surface area contributed by atoms with Crippen LogP contribution >= 0.6 is 11.3 Å². The van der Waals surface area contributed by atoms with Crippen LogP contribution in [0.2, 0.25) is 0 Å². The van der Waals surface area contributed by atoms with Gasteiger partial charge in [0, 0.05) is 30.6 Å². The lowest BCUT2D eigenvalue weighted by Crippen LogP contribution is -2.57. The number of hydrogen-bond donors (Lipinski definition) is 7. The van der Waals surface area contributed by atoms with Gasteiger partial charge in [0.2, 0.25) is 23.6 Å². The number of unbranched alkanes of at least 4 members (excludes halogenated alkanes) is 1. The second-order valence-electron chi connectivity index (χ2n) is 14.8. The molecule has 0 radical (unpaired) electrons. The Bertz CT molecular complexity index is 1920. The molecule has 4 aromatic rings. The minimum Gasteiger partial charge on any atom is -0.390 e. The fourth-order valence-corrected chi connectivity index (χ4v) is 7.98. The zero-order valence-corrected chi connectivity index (χ0v) is 32.9. The van der Waals surface area contributed by atoms with E-state index >= 15 is 0 Å². The number of aliphatic hydroxyl groups is 1. The number of pyridine rings is 1. The van der Waals surface area contributed by atoms with Gasteiger partial charge in [0.25, 0.3) is 5.91 Å². The Balaban J connectivity index is 1.37. The van der Waals surface area contributed by atoms with Gasteiger partial charge >= 0.3 is 0 Å². The third-order valence-electron chi connectivity index (χ3n) is 10.5. The Labute approximate surface area is 337 Å².